The maximum atomic E-state index is 13.2. The Hall–Kier alpha value is -3.16. The van der Waals surface area contributed by atoms with Crippen LogP contribution in [0.1, 0.15) is 16.7 Å². The SMILES string of the molecule is O=C(Cc1ccc(-c2ncc(CN3CCOCC3)cn2)cc1)NCc1cccc(F)c1. The van der Waals surface area contributed by atoms with Gasteiger partial charge in [0.25, 0.3) is 0 Å². The largest absolute Gasteiger partial charge is 0.379 e. The molecule has 1 amide bonds. The van der Waals surface area contributed by atoms with Crippen molar-refractivity contribution < 1.29 is 13.9 Å². The molecule has 2 heterocycles. The number of amides is 1. The Morgan fingerprint density at radius 3 is 2.45 bits per heavy atom. The monoisotopic (exact) mass is 420 g/mol. The van der Waals surface area contributed by atoms with E-state index in [1.54, 1.807) is 12.1 Å². The van der Waals surface area contributed by atoms with Crippen molar-refractivity contribution in [1.82, 2.24) is 20.2 Å². The molecule has 1 aromatic heterocycles. The standard InChI is InChI=1S/C24H25FN4O2/c25-22-3-1-2-19(12-22)14-26-23(30)13-18-4-6-21(7-5-18)24-27-15-20(16-28-24)17-29-8-10-31-11-9-29/h1-7,12,15-16H,8-11,13-14,17H2,(H,26,30). The third-order valence-electron chi connectivity index (χ3n) is 5.17. The van der Waals surface area contributed by atoms with Gasteiger partial charge in [-0.2, -0.15) is 0 Å². The van der Waals surface area contributed by atoms with E-state index in [1.807, 2.05) is 36.7 Å². The molecule has 0 aliphatic carbocycles. The first-order valence-electron chi connectivity index (χ1n) is 10.4. The van der Waals surface area contributed by atoms with Crippen LogP contribution < -0.4 is 5.32 Å². The minimum atomic E-state index is -0.307. The first-order chi connectivity index (χ1) is 15.2. The summed E-state index contributed by atoms with van der Waals surface area (Å²) in [7, 11) is 0. The van der Waals surface area contributed by atoms with Gasteiger partial charge in [0, 0.05) is 49.7 Å². The lowest BCUT2D eigenvalue weighted by atomic mass is 10.1. The Kier molecular flexibility index (Phi) is 6.96. The van der Waals surface area contributed by atoms with E-state index in [4.69, 9.17) is 4.74 Å². The second-order valence-corrected chi connectivity index (χ2v) is 7.58. The van der Waals surface area contributed by atoms with Gasteiger partial charge in [0.1, 0.15) is 5.82 Å². The third-order valence-corrected chi connectivity index (χ3v) is 5.17. The molecule has 0 bridgehead atoms. The number of ether oxygens (including phenoxy) is 1. The van der Waals surface area contributed by atoms with Crippen LogP contribution in [0.15, 0.2) is 60.9 Å². The molecule has 1 N–H and O–H groups in total. The van der Waals surface area contributed by atoms with Crippen molar-refractivity contribution in [1.29, 1.82) is 0 Å². The normalized spacial score (nSPS) is 14.4. The van der Waals surface area contributed by atoms with Crippen molar-refractivity contribution in [3.63, 3.8) is 0 Å². The molecule has 1 saturated heterocycles. The predicted molar refractivity (Wildman–Crippen MR) is 116 cm³/mol. The summed E-state index contributed by atoms with van der Waals surface area (Å²) in [4.78, 5) is 23.5. The summed E-state index contributed by atoms with van der Waals surface area (Å²) in [5.74, 6) is 0.243. The van der Waals surface area contributed by atoms with Crippen LogP contribution in [0.2, 0.25) is 0 Å². The highest BCUT2D eigenvalue weighted by Gasteiger charge is 2.11. The fraction of sp³-hybridized carbons (Fsp3) is 0.292. The van der Waals surface area contributed by atoms with Crippen LogP contribution in [-0.2, 0) is 29.0 Å². The summed E-state index contributed by atoms with van der Waals surface area (Å²) in [6.07, 6.45) is 3.99. The zero-order valence-corrected chi connectivity index (χ0v) is 17.3. The molecule has 0 radical (unpaired) electrons. The second-order valence-electron chi connectivity index (χ2n) is 7.58. The molecule has 0 saturated carbocycles. The highest BCUT2D eigenvalue weighted by Crippen LogP contribution is 2.16. The molecule has 0 atom stereocenters. The maximum Gasteiger partial charge on any atom is 0.224 e. The minimum absolute atomic E-state index is 0.110. The molecule has 3 aromatic rings. The minimum Gasteiger partial charge on any atom is -0.379 e. The first-order valence-corrected chi connectivity index (χ1v) is 10.4. The van der Waals surface area contributed by atoms with Crippen LogP contribution in [0, 0.1) is 5.82 Å². The van der Waals surface area contributed by atoms with Gasteiger partial charge in [-0.05, 0) is 23.3 Å². The van der Waals surface area contributed by atoms with E-state index in [9.17, 15) is 9.18 Å². The molecule has 160 valence electrons. The molecular formula is C24H25FN4O2. The van der Waals surface area contributed by atoms with Crippen LogP contribution in [0.4, 0.5) is 4.39 Å². The number of rotatable bonds is 7. The number of aromatic nitrogens is 2. The van der Waals surface area contributed by atoms with Gasteiger partial charge in [-0.1, -0.05) is 36.4 Å². The van der Waals surface area contributed by atoms with Gasteiger partial charge < -0.3 is 10.1 Å². The summed E-state index contributed by atoms with van der Waals surface area (Å²) < 4.78 is 18.6. The van der Waals surface area contributed by atoms with Crippen molar-refractivity contribution >= 4 is 5.91 Å². The van der Waals surface area contributed by atoms with E-state index in [1.165, 1.54) is 12.1 Å². The number of nitrogens with zero attached hydrogens (tertiary/aromatic N) is 3. The highest BCUT2D eigenvalue weighted by molar-refractivity contribution is 5.78. The van der Waals surface area contributed by atoms with Gasteiger partial charge in [-0.25, -0.2) is 14.4 Å². The van der Waals surface area contributed by atoms with Crippen molar-refractivity contribution in [3.8, 4) is 11.4 Å². The van der Waals surface area contributed by atoms with Gasteiger partial charge >= 0.3 is 0 Å². The molecule has 7 heteroatoms. The van der Waals surface area contributed by atoms with E-state index >= 15 is 0 Å². The molecule has 6 nitrogen and oxygen atoms in total. The Labute approximate surface area is 181 Å². The van der Waals surface area contributed by atoms with Gasteiger partial charge in [0.2, 0.25) is 5.91 Å². The second kappa shape index (κ2) is 10.2. The quantitative estimate of drug-likeness (QED) is 0.637. The van der Waals surface area contributed by atoms with Crippen LogP contribution in [0.25, 0.3) is 11.4 Å². The first kappa shape index (κ1) is 21.1. The summed E-state index contributed by atoms with van der Waals surface area (Å²) in [5.41, 5.74) is 3.61. The number of benzene rings is 2. The smallest absolute Gasteiger partial charge is 0.224 e. The Morgan fingerprint density at radius 1 is 1.00 bits per heavy atom. The summed E-state index contributed by atoms with van der Waals surface area (Å²) >= 11 is 0. The lowest BCUT2D eigenvalue weighted by Gasteiger charge is -2.26. The third kappa shape index (κ3) is 6.16. The van der Waals surface area contributed by atoms with Crippen molar-refractivity contribution in [2.45, 2.75) is 19.5 Å². The average Bonchev–Trinajstić information content (AvgIpc) is 2.80. The van der Waals surface area contributed by atoms with Crippen molar-refractivity contribution in [2.75, 3.05) is 26.3 Å². The van der Waals surface area contributed by atoms with Gasteiger partial charge in [-0.15, -0.1) is 0 Å². The van der Waals surface area contributed by atoms with Gasteiger partial charge in [-0.3, -0.25) is 9.69 Å². The highest BCUT2D eigenvalue weighted by atomic mass is 19.1. The summed E-state index contributed by atoms with van der Waals surface area (Å²) in [5, 5.41) is 2.82. The fourth-order valence-electron chi connectivity index (χ4n) is 3.47. The zero-order chi connectivity index (χ0) is 21.5. The molecule has 0 spiro atoms. The number of nitrogens with one attached hydrogen (secondary N) is 1. The number of hydrogen-bond acceptors (Lipinski definition) is 5. The molecule has 4 rings (SSSR count). The van der Waals surface area contributed by atoms with E-state index in [-0.39, 0.29) is 18.1 Å². The average molecular weight is 420 g/mol. The van der Waals surface area contributed by atoms with Crippen molar-refractivity contribution in [3.05, 3.63) is 83.4 Å². The lowest BCUT2D eigenvalue weighted by Crippen LogP contribution is -2.35. The summed E-state index contributed by atoms with van der Waals surface area (Å²) in [6, 6.07) is 13.9. The van der Waals surface area contributed by atoms with Gasteiger partial charge in [0.15, 0.2) is 5.82 Å². The van der Waals surface area contributed by atoms with Gasteiger partial charge in [0.05, 0.1) is 19.6 Å². The van der Waals surface area contributed by atoms with Crippen LogP contribution >= 0.6 is 0 Å². The Morgan fingerprint density at radius 2 is 1.74 bits per heavy atom. The molecule has 0 unspecified atom stereocenters. The predicted octanol–water partition coefficient (Wildman–Crippen LogP) is 2.97. The van der Waals surface area contributed by atoms with Crippen LogP contribution in [0.3, 0.4) is 0 Å². The molecule has 1 aliphatic rings. The number of carbonyl (C=O) groups excluding carboxylic acids is 1. The number of halogens is 1. The number of hydrogen-bond donors (Lipinski definition) is 1. The van der Waals surface area contributed by atoms with Crippen LogP contribution in [-0.4, -0.2) is 47.1 Å². The molecule has 31 heavy (non-hydrogen) atoms. The summed E-state index contributed by atoms with van der Waals surface area (Å²) in [6.45, 7) is 4.53. The molecule has 1 aliphatic heterocycles. The molecular weight excluding hydrogens is 395 g/mol. The Bertz CT molecular complexity index is 1000. The van der Waals surface area contributed by atoms with Crippen molar-refractivity contribution in [2.24, 2.45) is 0 Å². The number of morpholine rings is 1. The number of carbonyl (C=O) groups is 1. The zero-order valence-electron chi connectivity index (χ0n) is 17.3. The molecule has 1 fully saturated rings. The van der Waals surface area contributed by atoms with Crippen LogP contribution in [0.5, 0.6) is 0 Å². The Balaban J connectivity index is 1.29. The van der Waals surface area contributed by atoms with E-state index in [0.29, 0.717) is 12.4 Å². The maximum absolute atomic E-state index is 13.2. The van der Waals surface area contributed by atoms with E-state index in [0.717, 1.165) is 55.1 Å². The molecule has 2 aromatic carbocycles. The van der Waals surface area contributed by atoms with E-state index < -0.39 is 0 Å². The lowest BCUT2D eigenvalue weighted by molar-refractivity contribution is -0.120. The van der Waals surface area contributed by atoms with E-state index in [2.05, 4.69) is 20.2 Å². The fourth-order valence-corrected chi connectivity index (χ4v) is 3.47. The topological polar surface area (TPSA) is 67.4 Å².